The second-order valence-electron chi connectivity index (χ2n) is 9.93. The van der Waals surface area contributed by atoms with Gasteiger partial charge in [0.2, 0.25) is 0 Å². The number of benzene rings is 2. The van der Waals surface area contributed by atoms with Crippen molar-refractivity contribution in [3.05, 3.63) is 81.6 Å². The van der Waals surface area contributed by atoms with Gasteiger partial charge in [-0.2, -0.15) is 0 Å². The molecule has 0 aliphatic heterocycles. The number of thioether (sulfide) groups is 1. The van der Waals surface area contributed by atoms with Crippen LogP contribution in [0, 0.1) is 5.92 Å². The summed E-state index contributed by atoms with van der Waals surface area (Å²) >= 11 is 1.72. The van der Waals surface area contributed by atoms with Crippen LogP contribution in [-0.4, -0.2) is 15.3 Å². The fourth-order valence-corrected chi connectivity index (χ4v) is 6.78. The molecule has 2 aliphatic rings. The minimum Gasteiger partial charge on any atom is -0.283 e. The first kappa shape index (κ1) is 22.5. The SMILES string of the molecule is CCCSc1nc2c(c(=O)n1Cc1ccccc1)[C@@](C)(C1CCCCC1)Cc1ccccc1-2. The van der Waals surface area contributed by atoms with E-state index in [4.69, 9.17) is 4.98 Å². The zero-order valence-electron chi connectivity index (χ0n) is 19.8. The van der Waals surface area contributed by atoms with Crippen LogP contribution in [0.3, 0.4) is 0 Å². The third-order valence-corrected chi connectivity index (χ3v) is 8.84. The van der Waals surface area contributed by atoms with Gasteiger partial charge in [-0.3, -0.25) is 9.36 Å². The Morgan fingerprint density at radius 3 is 2.52 bits per heavy atom. The molecule has 33 heavy (non-hydrogen) atoms. The minimum atomic E-state index is -0.166. The molecule has 0 spiro atoms. The van der Waals surface area contributed by atoms with Gasteiger partial charge in [-0.15, -0.1) is 0 Å². The maximum Gasteiger partial charge on any atom is 0.258 e. The summed E-state index contributed by atoms with van der Waals surface area (Å²) in [5, 5.41) is 0.854. The number of fused-ring (bicyclic) bond motifs is 3. The van der Waals surface area contributed by atoms with E-state index in [0.717, 1.165) is 46.1 Å². The number of nitrogens with zero attached hydrogens (tertiary/aromatic N) is 2. The molecular weight excluding hydrogens is 424 g/mol. The van der Waals surface area contributed by atoms with Gasteiger partial charge in [0.1, 0.15) is 0 Å². The molecule has 3 aromatic rings. The number of hydrogen-bond donors (Lipinski definition) is 0. The highest BCUT2D eigenvalue weighted by atomic mass is 32.2. The summed E-state index contributed by atoms with van der Waals surface area (Å²) in [7, 11) is 0. The monoisotopic (exact) mass is 458 g/mol. The molecule has 0 saturated heterocycles. The summed E-state index contributed by atoms with van der Waals surface area (Å²) in [6.07, 6.45) is 8.27. The van der Waals surface area contributed by atoms with Crippen molar-refractivity contribution in [3.8, 4) is 11.3 Å². The first-order chi connectivity index (χ1) is 16.1. The normalized spacial score (nSPS) is 20.3. The summed E-state index contributed by atoms with van der Waals surface area (Å²) < 4.78 is 1.96. The van der Waals surface area contributed by atoms with E-state index in [1.165, 1.54) is 37.7 Å². The van der Waals surface area contributed by atoms with Crippen LogP contribution in [0.25, 0.3) is 11.3 Å². The molecule has 172 valence electrons. The van der Waals surface area contributed by atoms with Crippen molar-refractivity contribution in [2.75, 3.05) is 5.75 Å². The van der Waals surface area contributed by atoms with E-state index < -0.39 is 0 Å². The summed E-state index contributed by atoms with van der Waals surface area (Å²) in [4.78, 5) is 19.6. The largest absolute Gasteiger partial charge is 0.283 e. The second-order valence-corrected chi connectivity index (χ2v) is 11.0. The fourth-order valence-electron chi connectivity index (χ4n) is 5.93. The van der Waals surface area contributed by atoms with Crippen LogP contribution in [0.1, 0.15) is 69.1 Å². The van der Waals surface area contributed by atoms with Gasteiger partial charge in [0, 0.05) is 16.7 Å². The third-order valence-electron chi connectivity index (χ3n) is 7.66. The molecule has 1 heterocycles. The summed E-state index contributed by atoms with van der Waals surface area (Å²) in [6.45, 7) is 5.11. The molecule has 1 fully saturated rings. The molecule has 1 aromatic heterocycles. The van der Waals surface area contributed by atoms with Crippen molar-refractivity contribution in [3.63, 3.8) is 0 Å². The molecule has 0 unspecified atom stereocenters. The predicted molar refractivity (Wildman–Crippen MR) is 138 cm³/mol. The van der Waals surface area contributed by atoms with Crippen LogP contribution in [0.5, 0.6) is 0 Å². The summed E-state index contributed by atoms with van der Waals surface area (Å²) in [5.41, 5.74) is 5.56. The standard InChI is InChI=1S/C29H34N2OS/c1-3-18-33-28-30-26-24-17-11-10-14-22(24)19-29(2,23-15-8-5-9-16-23)25(26)27(32)31(28)20-21-12-6-4-7-13-21/h4,6-7,10-14,17,23H,3,5,8-9,15-16,18-20H2,1-2H3/t29-/m1/s1. The van der Waals surface area contributed by atoms with Crippen LogP contribution in [0.4, 0.5) is 0 Å². The average molecular weight is 459 g/mol. The zero-order valence-corrected chi connectivity index (χ0v) is 20.7. The van der Waals surface area contributed by atoms with Gasteiger partial charge in [0.15, 0.2) is 5.16 Å². The van der Waals surface area contributed by atoms with Gasteiger partial charge < -0.3 is 0 Å². The van der Waals surface area contributed by atoms with Crippen molar-refractivity contribution >= 4 is 11.8 Å². The van der Waals surface area contributed by atoms with Crippen LogP contribution >= 0.6 is 11.8 Å². The Morgan fingerprint density at radius 1 is 1.03 bits per heavy atom. The average Bonchev–Trinajstić information content (AvgIpc) is 2.85. The number of aromatic nitrogens is 2. The Morgan fingerprint density at radius 2 is 1.76 bits per heavy atom. The van der Waals surface area contributed by atoms with E-state index in [2.05, 4.69) is 50.2 Å². The van der Waals surface area contributed by atoms with Crippen molar-refractivity contribution < 1.29 is 0 Å². The minimum absolute atomic E-state index is 0.166. The molecule has 0 amide bonds. The van der Waals surface area contributed by atoms with Crippen molar-refractivity contribution in [2.45, 2.75) is 75.9 Å². The van der Waals surface area contributed by atoms with E-state index in [9.17, 15) is 4.79 Å². The van der Waals surface area contributed by atoms with Crippen molar-refractivity contribution in [1.29, 1.82) is 0 Å². The molecule has 5 rings (SSSR count). The van der Waals surface area contributed by atoms with Crippen molar-refractivity contribution in [1.82, 2.24) is 9.55 Å². The second kappa shape index (κ2) is 9.50. The van der Waals surface area contributed by atoms with Gasteiger partial charge in [-0.1, -0.05) is 99.5 Å². The molecule has 3 nitrogen and oxygen atoms in total. The van der Waals surface area contributed by atoms with E-state index in [1.54, 1.807) is 11.8 Å². The first-order valence-corrected chi connectivity index (χ1v) is 13.5. The number of rotatable bonds is 6. The quantitative estimate of drug-likeness (QED) is 0.299. The first-order valence-electron chi connectivity index (χ1n) is 12.5. The molecule has 1 saturated carbocycles. The molecule has 0 bridgehead atoms. The molecule has 1 atom stereocenters. The van der Waals surface area contributed by atoms with Gasteiger partial charge in [-0.25, -0.2) is 4.98 Å². The Labute approximate surface area is 201 Å². The maximum absolute atomic E-state index is 14.4. The molecule has 2 aromatic carbocycles. The van der Waals surface area contributed by atoms with Crippen LogP contribution < -0.4 is 5.56 Å². The number of hydrogen-bond acceptors (Lipinski definition) is 3. The van der Waals surface area contributed by atoms with E-state index in [1.807, 2.05) is 22.8 Å². The highest BCUT2D eigenvalue weighted by molar-refractivity contribution is 7.99. The predicted octanol–water partition coefficient (Wildman–Crippen LogP) is 6.85. The van der Waals surface area contributed by atoms with Crippen LogP contribution in [0.15, 0.2) is 64.5 Å². The third kappa shape index (κ3) is 4.19. The maximum atomic E-state index is 14.4. The Hall–Kier alpha value is -2.33. The fraction of sp³-hybridized carbons (Fsp3) is 0.448. The lowest BCUT2D eigenvalue weighted by molar-refractivity contribution is 0.212. The van der Waals surface area contributed by atoms with E-state index in [0.29, 0.717) is 12.5 Å². The van der Waals surface area contributed by atoms with Gasteiger partial charge in [-0.05, 0) is 42.7 Å². The molecular formula is C29H34N2OS. The molecule has 0 radical (unpaired) electrons. The molecule has 4 heteroatoms. The van der Waals surface area contributed by atoms with Crippen LogP contribution in [-0.2, 0) is 18.4 Å². The van der Waals surface area contributed by atoms with Gasteiger partial charge >= 0.3 is 0 Å². The van der Waals surface area contributed by atoms with Gasteiger partial charge in [0.25, 0.3) is 5.56 Å². The van der Waals surface area contributed by atoms with Gasteiger partial charge in [0.05, 0.1) is 17.8 Å². The molecule has 0 N–H and O–H groups in total. The lowest BCUT2D eigenvalue weighted by Gasteiger charge is -2.44. The van der Waals surface area contributed by atoms with E-state index in [-0.39, 0.29) is 11.0 Å². The Kier molecular flexibility index (Phi) is 6.47. The highest BCUT2D eigenvalue weighted by Crippen LogP contribution is 2.49. The van der Waals surface area contributed by atoms with Crippen molar-refractivity contribution in [2.24, 2.45) is 5.92 Å². The topological polar surface area (TPSA) is 34.9 Å². The summed E-state index contributed by atoms with van der Waals surface area (Å²) in [6, 6.07) is 19.0. The highest BCUT2D eigenvalue weighted by Gasteiger charge is 2.44. The van der Waals surface area contributed by atoms with E-state index >= 15 is 0 Å². The Balaban J connectivity index is 1.73. The van der Waals surface area contributed by atoms with Crippen LogP contribution in [0.2, 0.25) is 0 Å². The molecule has 2 aliphatic carbocycles. The smallest absolute Gasteiger partial charge is 0.258 e. The zero-order chi connectivity index (χ0) is 22.8. The Bertz CT molecular complexity index is 1180. The lowest BCUT2D eigenvalue weighted by atomic mass is 9.60. The summed E-state index contributed by atoms with van der Waals surface area (Å²) in [5.74, 6) is 1.49. The lowest BCUT2D eigenvalue weighted by Crippen LogP contribution is -2.45.